The van der Waals surface area contributed by atoms with Crippen LogP contribution in [0, 0.1) is 17.1 Å². The zero-order chi connectivity index (χ0) is 19.0. The second-order valence-electron chi connectivity index (χ2n) is 6.38. The predicted molar refractivity (Wildman–Crippen MR) is 100 cm³/mol. The molecule has 27 heavy (non-hydrogen) atoms. The summed E-state index contributed by atoms with van der Waals surface area (Å²) in [6.45, 7) is 0.151. The van der Waals surface area contributed by atoms with Crippen molar-refractivity contribution in [1.82, 2.24) is 9.55 Å². The van der Waals surface area contributed by atoms with E-state index in [1.807, 2.05) is 0 Å². The average molecular weight is 382 g/mol. The summed E-state index contributed by atoms with van der Waals surface area (Å²) < 4.78 is 14.6. The van der Waals surface area contributed by atoms with Crippen molar-refractivity contribution in [2.45, 2.75) is 32.2 Å². The molecular formula is C19H15FN4O2S. The van der Waals surface area contributed by atoms with Gasteiger partial charge in [-0.15, -0.1) is 11.3 Å². The van der Waals surface area contributed by atoms with Crippen LogP contribution >= 0.6 is 11.3 Å². The molecular weight excluding hydrogens is 367 g/mol. The van der Waals surface area contributed by atoms with Crippen LogP contribution in [0.3, 0.4) is 0 Å². The zero-order valence-corrected chi connectivity index (χ0v) is 15.1. The Morgan fingerprint density at radius 2 is 2.26 bits per heavy atom. The highest BCUT2D eigenvalue weighted by atomic mass is 32.1. The monoisotopic (exact) mass is 382 g/mol. The van der Waals surface area contributed by atoms with Crippen molar-refractivity contribution in [1.29, 1.82) is 5.26 Å². The molecule has 1 aliphatic carbocycles. The topological polar surface area (TPSA) is 87.8 Å². The van der Waals surface area contributed by atoms with Crippen molar-refractivity contribution in [2.75, 3.05) is 5.32 Å². The van der Waals surface area contributed by atoms with Gasteiger partial charge in [0.15, 0.2) is 0 Å². The Balaban J connectivity index is 1.48. The van der Waals surface area contributed by atoms with Crippen molar-refractivity contribution in [2.24, 2.45) is 0 Å². The molecule has 1 aromatic carbocycles. The number of nitrogens with one attached hydrogen (secondary N) is 1. The van der Waals surface area contributed by atoms with Crippen LogP contribution < -0.4 is 10.9 Å². The van der Waals surface area contributed by atoms with E-state index in [0.29, 0.717) is 16.0 Å². The van der Waals surface area contributed by atoms with Crippen LogP contribution in [0.15, 0.2) is 29.3 Å². The van der Waals surface area contributed by atoms with E-state index in [-0.39, 0.29) is 29.9 Å². The molecule has 4 rings (SSSR count). The molecule has 1 amide bonds. The number of aryl methyl sites for hydroxylation is 2. The van der Waals surface area contributed by atoms with Crippen LogP contribution in [0.2, 0.25) is 0 Å². The lowest BCUT2D eigenvalue weighted by Gasteiger charge is -2.07. The number of hydrogen-bond acceptors (Lipinski definition) is 5. The first-order valence-electron chi connectivity index (χ1n) is 8.56. The predicted octanol–water partition coefficient (Wildman–Crippen LogP) is 2.99. The number of anilines is 1. The number of rotatable bonds is 4. The third kappa shape index (κ3) is 3.22. The lowest BCUT2D eigenvalue weighted by atomic mass is 10.1. The molecule has 0 bridgehead atoms. The maximum Gasteiger partial charge on any atom is 0.261 e. The van der Waals surface area contributed by atoms with Gasteiger partial charge in [0, 0.05) is 23.9 Å². The molecule has 0 spiro atoms. The van der Waals surface area contributed by atoms with Crippen molar-refractivity contribution in [3.63, 3.8) is 0 Å². The first kappa shape index (κ1) is 17.4. The van der Waals surface area contributed by atoms with E-state index in [9.17, 15) is 19.2 Å². The Labute approximate surface area is 157 Å². The summed E-state index contributed by atoms with van der Waals surface area (Å²) in [5.74, 6) is -0.722. The Morgan fingerprint density at radius 3 is 3.07 bits per heavy atom. The number of benzene rings is 1. The van der Waals surface area contributed by atoms with Crippen molar-refractivity contribution >= 4 is 33.1 Å². The Morgan fingerprint density at radius 1 is 1.41 bits per heavy atom. The fraction of sp³-hybridized carbons (Fsp3) is 0.263. The summed E-state index contributed by atoms with van der Waals surface area (Å²) in [4.78, 5) is 30.0. The standard InChI is InChI=1S/C19H15FN4O2S/c20-11-4-5-13-15(8-11)22-10-24(19(13)26)7-6-17(25)23-18-14(9-21)12-2-1-3-16(12)27-18/h4-5,8,10H,1-3,6-7H2,(H,23,25). The summed E-state index contributed by atoms with van der Waals surface area (Å²) >= 11 is 1.46. The molecule has 0 saturated heterocycles. The minimum atomic E-state index is -0.456. The van der Waals surface area contributed by atoms with Gasteiger partial charge < -0.3 is 5.32 Å². The second-order valence-corrected chi connectivity index (χ2v) is 7.48. The minimum absolute atomic E-state index is 0.0712. The van der Waals surface area contributed by atoms with Crippen LogP contribution in [-0.2, 0) is 24.2 Å². The Kier molecular flexibility index (Phi) is 4.46. The molecule has 2 heterocycles. The largest absolute Gasteiger partial charge is 0.317 e. The quantitative estimate of drug-likeness (QED) is 0.751. The smallest absolute Gasteiger partial charge is 0.261 e. The number of nitriles is 1. The third-order valence-corrected chi connectivity index (χ3v) is 5.86. The summed E-state index contributed by atoms with van der Waals surface area (Å²) in [5.41, 5.74) is 1.58. The van der Waals surface area contributed by atoms with Crippen molar-refractivity contribution in [3.05, 3.63) is 56.7 Å². The van der Waals surface area contributed by atoms with Crippen LogP contribution in [0.4, 0.5) is 9.39 Å². The van der Waals surface area contributed by atoms with Crippen molar-refractivity contribution in [3.8, 4) is 6.07 Å². The Hall–Kier alpha value is -3.05. The molecule has 0 saturated carbocycles. The number of amides is 1. The van der Waals surface area contributed by atoms with E-state index in [1.165, 1.54) is 45.3 Å². The molecule has 1 aliphatic rings. The Bertz CT molecular complexity index is 1160. The van der Waals surface area contributed by atoms with Crippen LogP contribution in [0.25, 0.3) is 10.9 Å². The van der Waals surface area contributed by atoms with Gasteiger partial charge in [-0.25, -0.2) is 9.37 Å². The maximum absolute atomic E-state index is 13.2. The van der Waals surface area contributed by atoms with Gasteiger partial charge in [-0.05, 0) is 37.0 Å². The maximum atomic E-state index is 13.2. The molecule has 0 atom stereocenters. The average Bonchev–Trinajstić information content (AvgIpc) is 3.21. The number of nitrogens with zero attached hydrogens (tertiary/aromatic N) is 3. The van der Waals surface area contributed by atoms with Gasteiger partial charge >= 0.3 is 0 Å². The first-order chi connectivity index (χ1) is 13.1. The fourth-order valence-corrected chi connectivity index (χ4v) is 4.57. The molecule has 2 aromatic heterocycles. The van der Waals surface area contributed by atoms with E-state index >= 15 is 0 Å². The molecule has 8 heteroatoms. The zero-order valence-electron chi connectivity index (χ0n) is 14.3. The van der Waals surface area contributed by atoms with E-state index in [2.05, 4.69) is 16.4 Å². The van der Waals surface area contributed by atoms with E-state index in [0.717, 1.165) is 24.8 Å². The highest BCUT2D eigenvalue weighted by Crippen LogP contribution is 2.38. The fourth-order valence-electron chi connectivity index (χ4n) is 3.31. The first-order valence-corrected chi connectivity index (χ1v) is 9.37. The van der Waals surface area contributed by atoms with Gasteiger partial charge in [-0.3, -0.25) is 14.2 Å². The highest BCUT2D eigenvalue weighted by Gasteiger charge is 2.23. The number of carbonyl (C=O) groups excluding carboxylic acids is 1. The van der Waals surface area contributed by atoms with Crippen LogP contribution in [0.1, 0.15) is 28.8 Å². The van der Waals surface area contributed by atoms with E-state index < -0.39 is 5.82 Å². The molecule has 0 radical (unpaired) electrons. The van der Waals surface area contributed by atoms with Crippen LogP contribution in [0.5, 0.6) is 0 Å². The molecule has 1 N–H and O–H groups in total. The summed E-state index contributed by atoms with van der Waals surface area (Å²) in [7, 11) is 0. The molecule has 0 fully saturated rings. The number of thiophene rings is 1. The van der Waals surface area contributed by atoms with Crippen LogP contribution in [-0.4, -0.2) is 15.5 Å². The number of fused-ring (bicyclic) bond motifs is 2. The molecule has 0 aliphatic heterocycles. The lowest BCUT2D eigenvalue weighted by molar-refractivity contribution is -0.116. The second kappa shape index (κ2) is 6.93. The van der Waals surface area contributed by atoms with E-state index in [1.54, 1.807) is 0 Å². The number of halogens is 1. The van der Waals surface area contributed by atoms with Gasteiger partial charge in [0.05, 0.1) is 22.8 Å². The van der Waals surface area contributed by atoms with Gasteiger partial charge in [0.25, 0.3) is 5.56 Å². The van der Waals surface area contributed by atoms with Gasteiger partial charge in [0.2, 0.25) is 5.91 Å². The van der Waals surface area contributed by atoms with Gasteiger partial charge in [0.1, 0.15) is 16.9 Å². The molecule has 136 valence electrons. The summed E-state index contributed by atoms with van der Waals surface area (Å²) in [6.07, 6.45) is 4.26. The van der Waals surface area contributed by atoms with Gasteiger partial charge in [-0.2, -0.15) is 5.26 Å². The lowest BCUT2D eigenvalue weighted by Crippen LogP contribution is -2.23. The van der Waals surface area contributed by atoms with Crippen molar-refractivity contribution < 1.29 is 9.18 Å². The minimum Gasteiger partial charge on any atom is -0.317 e. The molecule has 3 aromatic rings. The highest BCUT2D eigenvalue weighted by molar-refractivity contribution is 7.16. The summed E-state index contributed by atoms with van der Waals surface area (Å²) in [5, 5.41) is 13.1. The molecule has 6 nitrogen and oxygen atoms in total. The SMILES string of the molecule is N#Cc1c(NC(=O)CCn2cnc3cc(F)ccc3c2=O)sc2c1CCC2. The number of aromatic nitrogens is 2. The number of hydrogen-bond donors (Lipinski definition) is 1. The normalized spacial score (nSPS) is 12.7. The van der Waals surface area contributed by atoms with Gasteiger partial charge in [-0.1, -0.05) is 0 Å². The number of carbonyl (C=O) groups is 1. The summed E-state index contributed by atoms with van der Waals surface area (Å²) in [6, 6.07) is 5.99. The van der Waals surface area contributed by atoms with E-state index in [4.69, 9.17) is 0 Å². The third-order valence-electron chi connectivity index (χ3n) is 4.65. The molecule has 0 unspecified atom stereocenters.